The molecule has 0 aromatic carbocycles. The molecule has 90 valence electrons. The Hall–Kier alpha value is -2.18. The second kappa shape index (κ2) is 4.36. The first-order valence-electron chi connectivity index (χ1n) is 5.19. The third kappa shape index (κ3) is 2.17. The van der Waals surface area contributed by atoms with Gasteiger partial charge in [-0.3, -0.25) is 9.59 Å². The number of carbonyl (C=O) groups excluding carboxylic acids is 1. The van der Waals surface area contributed by atoms with Crippen molar-refractivity contribution in [2.24, 2.45) is 0 Å². The highest BCUT2D eigenvalue weighted by molar-refractivity contribution is 5.95. The molecule has 2 N–H and O–H groups in total. The minimum Gasteiger partial charge on any atom is -0.480 e. The predicted molar refractivity (Wildman–Crippen MR) is 56.6 cm³/mol. The zero-order valence-corrected chi connectivity index (χ0v) is 8.92. The van der Waals surface area contributed by atoms with Crippen molar-refractivity contribution in [3.8, 4) is 0 Å². The van der Waals surface area contributed by atoms with Gasteiger partial charge in [0.25, 0.3) is 11.5 Å². The second-order valence-corrected chi connectivity index (χ2v) is 3.80. The molecule has 0 saturated carbocycles. The SMILES string of the molecule is O=C(O)[C@H]1CCCN1C(=O)c1ccc(=O)[nH]n1. The number of aromatic amines is 1. The van der Waals surface area contributed by atoms with Gasteiger partial charge in [-0.2, -0.15) is 5.10 Å². The van der Waals surface area contributed by atoms with Crippen molar-refractivity contribution < 1.29 is 14.7 Å². The molecule has 0 radical (unpaired) electrons. The van der Waals surface area contributed by atoms with E-state index in [1.165, 1.54) is 17.0 Å². The maximum absolute atomic E-state index is 12.0. The van der Waals surface area contributed by atoms with E-state index >= 15 is 0 Å². The van der Waals surface area contributed by atoms with Gasteiger partial charge in [0, 0.05) is 12.6 Å². The number of carbonyl (C=O) groups is 2. The maximum atomic E-state index is 12.0. The molecule has 2 heterocycles. The molecule has 7 heteroatoms. The fourth-order valence-electron chi connectivity index (χ4n) is 1.88. The number of amides is 1. The van der Waals surface area contributed by atoms with Gasteiger partial charge in [0.05, 0.1) is 0 Å². The van der Waals surface area contributed by atoms with Crippen LogP contribution in [0.5, 0.6) is 0 Å². The van der Waals surface area contributed by atoms with Crippen LogP contribution in [0.4, 0.5) is 0 Å². The number of aromatic nitrogens is 2. The number of hydrogen-bond donors (Lipinski definition) is 2. The van der Waals surface area contributed by atoms with Gasteiger partial charge in [0.1, 0.15) is 11.7 Å². The largest absolute Gasteiger partial charge is 0.480 e. The molecule has 2 rings (SSSR count). The zero-order valence-electron chi connectivity index (χ0n) is 8.92. The highest BCUT2D eigenvalue weighted by Crippen LogP contribution is 2.19. The Kier molecular flexibility index (Phi) is 2.90. The standard InChI is InChI=1S/C10H11N3O4/c14-8-4-3-6(11-12-8)9(15)13-5-1-2-7(13)10(16)17/h3-4,7H,1-2,5H2,(H,12,14)(H,16,17)/t7-/m1/s1. The van der Waals surface area contributed by atoms with Crippen LogP contribution in [0.3, 0.4) is 0 Å². The van der Waals surface area contributed by atoms with E-state index < -0.39 is 23.5 Å². The summed E-state index contributed by atoms with van der Waals surface area (Å²) in [5, 5.41) is 14.7. The summed E-state index contributed by atoms with van der Waals surface area (Å²) in [6.07, 6.45) is 1.11. The van der Waals surface area contributed by atoms with Crippen molar-refractivity contribution in [2.45, 2.75) is 18.9 Å². The lowest BCUT2D eigenvalue weighted by Gasteiger charge is -2.20. The van der Waals surface area contributed by atoms with Crippen LogP contribution in [0, 0.1) is 0 Å². The van der Waals surface area contributed by atoms with Gasteiger partial charge in [-0.1, -0.05) is 0 Å². The Bertz CT molecular complexity index is 490. The summed E-state index contributed by atoms with van der Waals surface area (Å²) < 4.78 is 0. The van der Waals surface area contributed by atoms with Crippen LogP contribution in [0.15, 0.2) is 16.9 Å². The first-order valence-corrected chi connectivity index (χ1v) is 5.19. The van der Waals surface area contributed by atoms with Crippen LogP contribution in [0.1, 0.15) is 23.3 Å². The van der Waals surface area contributed by atoms with Crippen LogP contribution in [0.25, 0.3) is 0 Å². The smallest absolute Gasteiger partial charge is 0.326 e. The molecule has 1 aromatic heterocycles. The molecule has 0 spiro atoms. The molecule has 0 aliphatic carbocycles. The highest BCUT2D eigenvalue weighted by atomic mass is 16.4. The lowest BCUT2D eigenvalue weighted by molar-refractivity contribution is -0.141. The van der Waals surface area contributed by atoms with E-state index in [0.717, 1.165) is 0 Å². The molecule has 0 unspecified atom stereocenters. The monoisotopic (exact) mass is 237 g/mol. The quantitative estimate of drug-likeness (QED) is 0.718. The Morgan fingerprint density at radius 1 is 1.47 bits per heavy atom. The summed E-state index contributed by atoms with van der Waals surface area (Å²) in [6, 6.07) is 1.68. The Labute approximate surface area is 96.1 Å². The van der Waals surface area contributed by atoms with Crippen molar-refractivity contribution in [2.75, 3.05) is 6.54 Å². The minimum atomic E-state index is -1.01. The first kappa shape index (κ1) is 11.3. The van der Waals surface area contributed by atoms with Gasteiger partial charge in [0.2, 0.25) is 0 Å². The molecule has 7 nitrogen and oxygen atoms in total. The van der Waals surface area contributed by atoms with E-state index in [0.29, 0.717) is 19.4 Å². The number of nitrogens with one attached hydrogen (secondary N) is 1. The van der Waals surface area contributed by atoms with Gasteiger partial charge >= 0.3 is 5.97 Å². The molecule has 1 atom stereocenters. The Morgan fingerprint density at radius 3 is 2.82 bits per heavy atom. The van der Waals surface area contributed by atoms with E-state index in [-0.39, 0.29) is 5.69 Å². The number of rotatable bonds is 2. The summed E-state index contributed by atoms with van der Waals surface area (Å²) in [7, 11) is 0. The molecule has 1 aromatic rings. The van der Waals surface area contributed by atoms with Crippen LogP contribution < -0.4 is 5.56 Å². The number of aliphatic carboxylic acids is 1. The van der Waals surface area contributed by atoms with Crippen molar-refractivity contribution in [3.05, 3.63) is 28.2 Å². The average Bonchev–Trinajstić information content (AvgIpc) is 2.78. The van der Waals surface area contributed by atoms with Gasteiger partial charge < -0.3 is 10.0 Å². The molecule has 0 bridgehead atoms. The number of nitrogens with zero attached hydrogens (tertiary/aromatic N) is 2. The van der Waals surface area contributed by atoms with Crippen molar-refractivity contribution >= 4 is 11.9 Å². The lowest BCUT2D eigenvalue weighted by atomic mass is 10.2. The van der Waals surface area contributed by atoms with E-state index in [9.17, 15) is 14.4 Å². The number of likely N-dealkylation sites (tertiary alicyclic amines) is 1. The third-order valence-corrected chi connectivity index (χ3v) is 2.70. The predicted octanol–water partition coefficient (Wildman–Crippen LogP) is -0.541. The van der Waals surface area contributed by atoms with Crippen LogP contribution in [-0.2, 0) is 4.79 Å². The topological polar surface area (TPSA) is 103 Å². The van der Waals surface area contributed by atoms with Gasteiger partial charge in [0.15, 0.2) is 0 Å². The normalized spacial score (nSPS) is 19.3. The first-order chi connectivity index (χ1) is 8.09. The zero-order chi connectivity index (χ0) is 12.4. The summed E-state index contributed by atoms with van der Waals surface area (Å²) >= 11 is 0. The molecule has 1 fully saturated rings. The van der Waals surface area contributed by atoms with Gasteiger partial charge in [-0.15, -0.1) is 0 Å². The van der Waals surface area contributed by atoms with Crippen molar-refractivity contribution in [1.82, 2.24) is 15.1 Å². The Morgan fingerprint density at radius 2 is 2.24 bits per heavy atom. The molecule has 1 amide bonds. The lowest BCUT2D eigenvalue weighted by Crippen LogP contribution is -2.41. The molecular weight excluding hydrogens is 226 g/mol. The summed E-state index contributed by atoms with van der Waals surface area (Å²) in [6.45, 7) is 0.399. The van der Waals surface area contributed by atoms with E-state index in [1.54, 1.807) is 0 Å². The molecule has 1 aliphatic heterocycles. The number of hydrogen-bond acceptors (Lipinski definition) is 4. The molecule has 17 heavy (non-hydrogen) atoms. The Balaban J connectivity index is 2.22. The van der Waals surface area contributed by atoms with Crippen LogP contribution in [0.2, 0.25) is 0 Å². The van der Waals surface area contributed by atoms with E-state index in [1.807, 2.05) is 0 Å². The highest BCUT2D eigenvalue weighted by Gasteiger charge is 2.34. The molecular formula is C10H11N3O4. The third-order valence-electron chi connectivity index (χ3n) is 2.70. The maximum Gasteiger partial charge on any atom is 0.326 e. The number of carboxylic acid groups (broad SMARTS) is 1. The van der Waals surface area contributed by atoms with E-state index in [4.69, 9.17) is 5.11 Å². The van der Waals surface area contributed by atoms with Gasteiger partial charge in [-0.25, -0.2) is 9.89 Å². The van der Waals surface area contributed by atoms with Crippen LogP contribution in [-0.4, -0.2) is 44.7 Å². The molecule has 1 saturated heterocycles. The van der Waals surface area contributed by atoms with Crippen molar-refractivity contribution in [1.29, 1.82) is 0 Å². The van der Waals surface area contributed by atoms with Gasteiger partial charge in [-0.05, 0) is 18.9 Å². The minimum absolute atomic E-state index is 0.0535. The summed E-state index contributed by atoms with van der Waals surface area (Å²) in [5.41, 5.74) is -0.351. The summed E-state index contributed by atoms with van der Waals surface area (Å²) in [5.74, 6) is -1.48. The molecule has 1 aliphatic rings. The second-order valence-electron chi connectivity index (χ2n) is 3.80. The number of carboxylic acids is 1. The number of H-pyrrole nitrogens is 1. The average molecular weight is 237 g/mol. The van der Waals surface area contributed by atoms with Crippen molar-refractivity contribution in [3.63, 3.8) is 0 Å². The van der Waals surface area contributed by atoms with Crippen LogP contribution >= 0.6 is 0 Å². The van der Waals surface area contributed by atoms with E-state index in [2.05, 4.69) is 10.2 Å². The fourth-order valence-corrected chi connectivity index (χ4v) is 1.88. The fraction of sp³-hybridized carbons (Fsp3) is 0.400. The summed E-state index contributed by atoms with van der Waals surface area (Å²) in [4.78, 5) is 34.9.